The van der Waals surface area contributed by atoms with Crippen LogP contribution in [0.15, 0.2) is 28.8 Å². The Labute approximate surface area is 139 Å². The van der Waals surface area contributed by atoms with Crippen molar-refractivity contribution < 1.29 is 18.4 Å². The highest BCUT2D eigenvalue weighted by atomic mass is 19.1. The molecule has 1 amide bonds. The van der Waals surface area contributed by atoms with E-state index in [0.717, 1.165) is 25.7 Å². The third kappa shape index (κ3) is 3.62. The van der Waals surface area contributed by atoms with Gasteiger partial charge in [-0.1, -0.05) is 11.6 Å². The lowest BCUT2D eigenvalue weighted by Gasteiger charge is -2.38. The Morgan fingerprint density at radius 1 is 1.38 bits per heavy atom. The number of halogens is 1. The fraction of sp³-hybridized carbons (Fsp3) is 0.471. The number of carbonyl (C=O) groups excluding carboxylic acids is 1. The van der Waals surface area contributed by atoms with Crippen molar-refractivity contribution in [1.29, 1.82) is 0 Å². The van der Waals surface area contributed by atoms with Gasteiger partial charge in [0.15, 0.2) is 5.82 Å². The Morgan fingerprint density at radius 3 is 2.75 bits per heavy atom. The number of hydrogen-bond acceptors (Lipinski definition) is 5. The molecule has 0 unspecified atom stereocenters. The minimum absolute atomic E-state index is 0.0151. The normalized spacial score (nSPS) is 15.8. The van der Waals surface area contributed by atoms with Crippen LogP contribution in [0.25, 0.3) is 0 Å². The summed E-state index contributed by atoms with van der Waals surface area (Å²) >= 11 is 0. The Bertz CT molecular complexity index is 695. The largest absolute Gasteiger partial charge is 0.385 e. The molecule has 3 rings (SSSR count). The number of anilines is 1. The molecule has 1 saturated carbocycles. The van der Waals surface area contributed by atoms with E-state index in [4.69, 9.17) is 9.26 Å². The molecule has 24 heavy (non-hydrogen) atoms. The van der Waals surface area contributed by atoms with Crippen LogP contribution in [0.2, 0.25) is 0 Å². The standard InChI is InChI=1S/C17H20FN3O3/c1-23-10-9-17(7-2-8-17)16-20-14(21-24-16)11-15(22)19-13-5-3-12(18)4-6-13/h3-6H,2,7-11H2,1H3,(H,19,22). The van der Waals surface area contributed by atoms with Gasteiger partial charge in [0.1, 0.15) is 5.82 Å². The summed E-state index contributed by atoms with van der Waals surface area (Å²) in [6.45, 7) is 0.642. The van der Waals surface area contributed by atoms with Gasteiger partial charge in [0.05, 0.1) is 11.8 Å². The first-order valence-electron chi connectivity index (χ1n) is 7.99. The first-order valence-corrected chi connectivity index (χ1v) is 7.99. The monoisotopic (exact) mass is 333 g/mol. The van der Waals surface area contributed by atoms with Crippen molar-refractivity contribution in [3.05, 3.63) is 41.8 Å². The molecule has 1 fully saturated rings. The van der Waals surface area contributed by atoms with Gasteiger partial charge < -0.3 is 14.6 Å². The summed E-state index contributed by atoms with van der Waals surface area (Å²) in [6, 6.07) is 5.59. The maximum Gasteiger partial charge on any atom is 0.232 e. The van der Waals surface area contributed by atoms with Crippen molar-refractivity contribution >= 4 is 11.6 Å². The fourth-order valence-electron chi connectivity index (χ4n) is 2.89. The SMILES string of the molecule is COCCC1(c2nc(CC(=O)Nc3ccc(F)cc3)no2)CCC1. The van der Waals surface area contributed by atoms with Gasteiger partial charge in [-0.2, -0.15) is 4.98 Å². The van der Waals surface area contributed by atoms with Crippen LogP contribution in [0.4, 0.5) is 10.1 Å². The molecule has 1 aliphatic rings. The zero-order valence-corrected chi connectivity index (χ0v) is 13.5. The van der Waals surface area contributed by atoms with Gasteiger partial charge in [-0.3, -0.25) is 4.79 Å². The average Bonchev–Trinajstić information content (AvgIpc) is 2.97. The quantitative estimate of drug-likeness (QED) is 0.843. The predicted molar refractivity (Wildman–Crippen MR) is 85.1 cm³/mol. The van der Waals surface area contributed by atoms with E-state index in [1.165, 1.54) is 24.3 Å². The van der Waals surface area contributed by atoms with Crippen LogP contribution in [0.5, 0.6) is 0 Å². The van der Waals surface area contributed by atoms with Crippen molar-refractivity contribution in [2.75, 3.05) is 19.0 Å². The van der Waals surface area contributed by atoms with Crippen LogP contribution in [-0.4, -0.2) is 29.8 Å². The van der Waals surface area contributed by atoms with E-state index in [0.29, 0.717) is 24.0 Å². The number of carbonyl (C=O) groups is 1. The molecule has 0 atom stereocenters. The van der Waals surface area contributed by atoms with Crippen molar-refractivity contribution in [3.63, 3.8) is 0 Å². The Hall–Kier alpha value is -2.28. The average molecular weight is 333 g/mol. The van der Waals surface area contributed by atoms with E-state index < -0.39 is 0 Å². The van der Waals surface area contributed by atoms with Crippen molar-refractivity contribution in [1.82, 2.24) is 10.1 Å². The minimum atomic E-state index is -0.349. The summed E-state index contributed by atoms with van der Waals surface area (Å²) in [7, 11) is 1.67. The molecule has 1 N–H and O–H groups in total. The summed E-state index contributed by atoms with van der Waals surface area (Å²) in [5, 5.41) is 6.60. The first kappa shape index (κ1) is 16.6. The number of nitrogens with one attached hydrogen (secondary N) is 1. The van der Waals surface area contributed by atoms with Gasteiger partial charge in [-0.05, 0) is 43.5 Å². The fourth-order valence-corrected chi connectivity index (χ4v) is 2.89. The van der Waals surface area contributed by atoms with Crippen LogP contribution in [0, 0.1) is 5.82 Å². The molecular weight excluding hydrogens is 313 g/mol. The van der Waals surface area contributed by atoms with Gasteiger partial charge in [0.25, 0.3) is 0 Å². The molecule has 0 radical (unpaired) electrons. The molecule has 0 spiro atoms. The number of methoxy groups -OCH3 is 1. The van der Waals surface area contributed by atoms with E-state index >= 15 is 0 Å². The molecule has 1 aliphatic carbocycles. The predicted octanol–water partition coefficient (Wildman–Crippen LogP) is 2.85. The second-order valence-electron chi connectivity index (χ2n) is 6.12. The molecule has 1 aromatic heterocycles. The smallest absolute Gasteiger partial charge is 0.232 e. The summed E-state index contributed by atoms with van der Waals surface area (Å²) in [6.07, 6.45) is 3.99. The number of hydrogen-bond donors (Lipinski definition) is 1. The molecular formula is C17H20FN3O3. The molecule has 0 aliphatic heterocycles. The molecule has 1 heterocycles. The van der Waals surface area contributed by atoms with Crippen molar-refractivity contribution in [2.24, 2.45) is 0 Å². The third-order valence-corrected chi connectivity index (χ3v) is 4.46. The van der Waals surface area contributed by atoms with Crippen LogP contribution in [-0.2, 0) is 21.4 Å². The van der Waals surface area contributed by atoms with Crippen molar-refractivity contribution in [2.45, 2.75) is 37.5 Å². The maximum absolute atomic E-state index is 12.9. The minimum Gasteiger partial charge on any atom is -0.385 e. The van der Waals surface area contributed by atoms with E-state index in [2.05, 4.69) is 15.5 Å². The second kappa shape index (κ2) is 7.09. The van der Waals surface area contributed by atoms with Gasteiger partial charge >= 0.3 is 0 Å². The Balaban J connectivity index is 1.61. The van der Waals surface area contributed by atoms with Crippen LogP contribution in [0.3, 0.4) is 0 Å². The van der Waals surface area contributed by atoms with Crippen LogP contribution in [0.1, 0.15) is 37.4 Å². The lowest BCUT2D eigenvalue weighted by Crippen LogP contribution is -2.35. The summed E-state index contributed by atoms with van der Waals surface area (Å²) < 4.78 is 23.4. The number of benzene rings is 1. The molecule has 128 valence electrons. The Kier molecular flexibility index (Phi) is 4.89. The molecule has 0 saturated heterocycles. The molecule has 1 aromatic carbocycles. The number of aromatic nitrogens is 2. The summed E-state index contributed by atoms with van der Waals surface area (Å²) in [5.41, 5.74) is 0.426. The van der Waals surface area contributed by atoms with Gasteiger partial charge in [0.2, 0.25) is 11.8 Å². The van der Waals surface area contributed by atoms with E-state index in [1.807, 2.05) is 0 Å². The van der Waals surface area contributed by atoms with E-state index in [-0.39, 0.29) is 23.6 Å². The molecule has 7 heteroatoms. The Morgan fingerprint density at radius 2 is 2.12 bits per heavy atom. The second-order valence-corrected chi connectivity index (χ2v) is 6.12. The lowest BCUT2D eigenvalue weighted by molar-refractivity contribution is -0.115. The highest BCUT2D eigenvalue weighted by Gasteiger charge is 2.43. The van der Waals surface area contributed by atoms with E-state index in [1.54, 1.807) is 7.11 Å². The van der Waals surface area contributed by atoms with Crippen LogP contribution < -0.4 is 5.32 Å². The third-order valence-electron chi connectivity index (χ3n) is 4.46. The number of rotatable bonds is 7. The van der Waals surface area contributed by atoms with Crippen LogP contribution >= 0.6 is 0 Å². The zero-order valence-electron chi connectivity index (χ0n) is 13.5. The van der Waals surface area contributed by atoms with Crippen molar-refractivity contribution in [3.8, 4) is 0 Å². The van der Waals surface area contributed by atoms with Gasteiger partial charge in [-0.15, -0.1) is 0 Å². The molecule has 6 nitrogen and oxygen atoms in total. The number of nitrogens with zero attached hydrogens (tertiary/aromatic N) is 2. The van der Waals surface area contributed by atoms with Gasteiger partial charge in [0, 0.05) is 19.4 Å². The highest BCUT2D eigenvalue weighted by Crippen LogP contribution is 2.45. The zero-order chi connectivity index (χ0) is 17.0. The van der Waals surface area contributed by atoms with Gasteiger partial charge in [-0.25, -0.2) is 4.39 Å². The highest BCUT2D eigenvalue weighted by molar-refractivity contribution is 5.91. The number of amides is 1. The first-order chi connectivity index (χ1) is 11.6. The number of ether oxygens (including phenoxy) is 1. The van der Waals surface area contributed by atoms with E-state index in [9.17, 15) is 9.18 Å². The summed E-state index contributed by atoms with van der Waals surface area (Å²) in [5.74, 6) is 0.329. The molecule has 2 aromatic rings. The maximum atomic E-state index is 12.9. The summed E-state index contributed by atoms with van der Waals surface area (Å²) in [4.78, 5) is 16.4. The molecule has 0 bridgehead atoms. The topological polar surface area (TPSA) is 77.2 Å². The lowest BCUT2D eigenvalue weighted by atomic mass is 9.66.